The van der Waals surface area contributed by atoms with Crippen molar-refractivity contribution in [1.29, 1.82) is 0 Å². The lowest BCUT2D eigenvalue weighted by Crippen LogP contribution is -2.01. The molecule has 0 unspecified atom stereocenters. The first-order valence-corrected chi connectivity index (χ1v) is 5.78. The third kappa shape index (κ3) is 2.41. The molecular weight excluding hydrogens is 268 g/mol. The standard InChI is InChI=1S/C11H9ClN6O/c1-19-11-16-9(12)15-10(17-11)14-7-3-2-6-5-13-18-8(6)4-7/h2-5H,1H3,(H,13,18)(H,14,15,16,17). The average Bonchev–Trinajstić information content (AvgIpc) is 2.85. The van der Waals surface area contributed by atoms with Crippen LogP contribution in [0.1, 0.15) is 0 Å². The van der Waals surface area contributed by atoms with Crippen molar-refractivity contribution in [1.82, 2.24) is 25.1 Å². The molecule has 1 aromatic carbocycles. The molecule has 0 bridgehead atoms. The lowest BCUT2D eigenvalue weighted by atomic mass is 10.2. The minimum Gasteiger partial charge on any atom is -0.467 e. The van der Waals surface area contributed by atoms with E-state index in [1.165, 1.54) is 7.11 Å². The first kappa shape index (κ1) is 11.7. The summed E-state index contributed by atoms with van der Waals surface area (Å²) in [6.07, 6.45) is 1.75. The fraction of sp³-hybridized carbons (Fsp3) is 0.0909. The van der Waals surface area contributed by atoms with E-state index in [9.17, 15) is 0 Å². The highest BCUT2D eigenvalue weighted by molar-refractivity contribution is 6.28. The fourth-order valence-electron chi connectivity index (χ4n) is 1.62. The van der Waals surface area contributed by atoms with Gasteiger partial charge >= 0.3 is 6.01 Å². The normalized spacial score (nSPS) is 10.6. The molecule has 96 valence electrons. The molecule has 2 aromatic heterocycles. The number of hydrogen-bond donors (Lipinski definition) is 2. The van der Waals surface area contributed by atoms with Crippen molar-refractivity contribution in [2.75, 3.05) is 12.4 Å². The molecule has 0 spiro atoms. The molecule has 0 atom stereocenters. The van der Waals surface area contributed by atoms with Gasteiger partial charge in [-0.1, -0.05) is 0 Å². The molecule has 0 saturated heterocycles. The van der Waals surface area contributed by atoms with E-state index in [1.54, 1.807) is 6.20 Å². The van der Waals surface area contributed by atoms with Gasteiger partial charge < -0.3 is 10.1 Å². The van der Waals surface area contributed by atoms with Gasteiger partial charge in [0.05, 0.1) is 18.8 Å². The van der Waals surface area contributed by atoms with Crippen LogP contribution in [0.4, 0.5) is 11.6 Å². The molecule has 0 aliphatic carbocycles. The minimum atomic E-state index is 0.0666. The second-order valence-corrected chi connectivity index (χ2v) is 4.05. The summed E-state index contributed by atoms with van der Waals surface area (Å²) in [5, 5.41) is 11.0. The van der Waals surface area contributed by atoms with Crippen LogP contribution in [0.25, 0.3) is 10.9 Å². The number of aromatic amines is 1. The molecule has 0 aliphatic heterocycles. The molecule has 3 aromatic rings. The van der Waals surface area contributed by atoms with Gasteiger partial charge in [0.1, 0.15) is 0 Å². The van der Waals surface area contributed by atoms with Gasteiger partial charge in [0.2, 0.25) is 11.2 Å². The van der Waals surface area contributed by atoms with Crippen molar-refractivity contribution in [2.45, 2.75) is 0 Å². The zero-order chi connectivity index (χ0) is 13.2. The lowest BCUT2D eigenvalue weighted by Gasteiger charge is -2.06. The Balaban J connectivity index is 1.93. The summed E-state index contributed by atoms with van der Waals surface area (Å²) in [6, 6.07) is 5.88. The summed E-state index contributed by atoms with van der Waals surface area (Å²) < 4.78 is 4.93. The summed E-state index contributed by atoms with van der Waals surface area (Å²) in [7, 11) is 1.46. The van der Waals surface area contributed by atoms with Crippen molar-refractivity contribution in [2.24, 2.45) is 0 Å². The van der Waals surface area contributed by atoms with E-state index in [0.29, 0.717) is 5.95 Å². The summed E-state index contributed by atoms with van der Waals surface area (Å²) in [4.78, 5) is 11.8. The van der Waals surface area contributed by atoms with Gasteiger partial charge in [0.25, 0.3) is 0 Å². The molecule has 8 heteroatoms. The van der Waals surface area contributed by atoms with Gasteiger partial charge in [0, 0.05) is 11.1 Å². The number of anilines is 2. The van der Waals surface area contributed by atoms with Gasteiger partial charge in [-0.25, -0.2) is 0 Å². The maximum Gasteiger partial charge on any atom is 0.322 e. The van der Waals surface area contributed by atoms with E-state index in [4.69, 9.17) is 16.3 Å². The number of nitrogens with one attached hydrogen (secondary N) is 2. The maximum absolute atomic E-state index is 5.77. The molecule has 3 rings (SSSR count). The molecular formula is C11H9ClN6O. The molecule has 0 aliphatic rings. The van der Waals surface area contributed by atoms with E-state index in [-0.39, 0.29) is 11.3 Å². The second-order valence-electron chi connectivity index (χ2n) is 3.71. The zero-order valence-corrected chi connectivity index (χ0v) is 10.6. The van der Waals surface area contributed by atoms with Crippen LogP contribution < -0.4 is 10.1 Å². The van der Waals surface area contributed by atoms with Crippen LogP contribution in [0.2, 0.25) is 5.28 Å². The topological polar surface area (TPSA) is 88.6 Å². The molecule has 0 saturated carbocycles. The number of rotatable bonds is 3. The predicted octanol–water partition coefficient (Wildman–Crippen LogP) is 2.15. The number of methoxy groups -OCH3 is 1. The quantitative estimate of drug-likeness (QED) is 0.762. The molecule has 0 fully saturated rings. The number of benzene rings is 1. The molecule has 2 N–H and O–H groups in total. The van der Waals surface area contributed by atoms with Crippen molar-refractivity contribution >= 4 is 34.1 Å². The Bertz CT molecular complexity index is 728. The van der Waals surface area contributed by atoms with Crippen LogP contribution in [-0.2, 0) is 0 Å². The molecule has 19 heavy (non-hydrogen) atoms. The van der Waals surface area contributed by atoms with Crippen LogP contribution in [0.5, 0.6) is 6.01 Å². The summed E-state index contributed by atoms with van der Waals surface area (Å²) in [5.41, 5.74) is 1.72. The van der Waals surface area contributed by atoms with Crippen molar-refractivity contribution < 1.29 is 4.74 Å². The highest BCUT2D eigenvalue weighted by Crippen LogP contribution is 2.20. The van der Waals surface area contributed by atoms with Gasteiger partial charge in [0.15, 0.2) is 0 Å². The first-order valence-electron chi connectivity index (χ1n) is 5.40. The summed E-state index contributed by atoms with van der Waals surface area (Å²) >= 11 is 5.77. The SMILES string of the molecule is COc1nc(Cl)nc(Nc2ccc3cn[nH]c3c2)n1. The number of fused-ring (bicyclic) bond motifs is 1. The Morgan fingerprint density at radius 3 is 3.00 bits per heavy atom. The number of H-pyrrole nitrogens is 1. The third-order valence-corrected chi connectivity index (χ3v) is 2.64. The number of ether oxygens (including phenoxy) is 1. The lowest BCUT2D eigenvalue weighted by molar-refractivity contribution is 0.379. The van der Waals surface area contributed by atoms with Crippen molar-refractivity contribution in [3.8, 4) is 6.01 Å². The number of aromatic nitrogens is 5. The van der Waals surface area contributed by atoms with Gasteiger partial charge in [-0.05, 0) is 29.8 Å². The molecule has 2 heterocycles. The minimum absolute atomic E-state index is 0.0666. The first-order chi connectivity index (χ1) is 9.24. The van der Waals surface area contributed by atoms with E-state index in [1.807, 2.05) is 18.2 Å². The van der Waals surface area contributed by atoms with E-state index in [2.05, 4.69) is 30.5 Å². The Morgan fingerprint density at radius 1 is 1.26 bits per heavy atom. The highest BCUT2D eigenvalue weighted by Gasteiger charge is 2.06. The van der Waals surface area contributed by atoms with Crippen molar-refractivity contribution in [3.63, 3.8) is 0 Å². The van der Waals surface area contributed by atoms with Gasteiger partial charge in [-0.15, -0.1) is 0 Å². The second kappa shape index (κ2) is 4.69. The number of hydrogen-bond acceptors (Lipinski definition) is 6. The van der Waals surface area contributed by atoms with Crippen LogP contribution >= 0.6 is 11.6 Å². The smallest absolute Gasteiger partial charge is 0.322 e. The van der Waals surface area contributed by atoms with E-state index >= 15 is 0 Å². The third-order valence-electron chi connectivity index (χ3n) is 2.47. The Kier molecular flexibility index (Phi) is 2.88. The Labute approximate surface area is 113 Å². The summed E-state index contributed by atoms with van der Waals surface area (Å²) in [6.45, 7) is 0. The molecule has 0 amide bonds. The van der Waals surface area contributed by atoms with Gasteiger partial charge in [-0.2, -0.15) is 20.1 Å². The molecule has 7 nitrogen and oxygen atoms in total. The summed E-state index contributed by atoms with van der Waals surface area (Å²) in [5.74, 6) is 0.315. The van der Waals surface area contributed by atoms with Crippen LogP contribution in [0.15, 0.2) is 24.4 Å². The largest absolute Gasteiger partial charge is 0.467 e. The zero-order valence-electron chi connectivity index (χ0n) is 9.88. The maximum atomic E-state index is 5.77. The predicted molar refractivity (Wildman–Crippen MR) is 70.8 cm³/mol. The Morgan fingerprint density at radius 2 is 2.16 bits per heavy atom. The monoisotopic (exact) mass is 276 g/mol. The van der Waals surface area contributed by atoms with E-state index in [0.717, 1.165) is 16.6 Å². The molecule has 0 radical (unpaired) electrons. The van der Waals surface area contributed by atoms with Crippen molar-refractivity contribution in [3.05, 3.63) is 29.7 Å². The van der Waals surface area contributed by atoms with Gasteiger partial charge in [-0.3, -0.25) is 5.10 Å². The van der Waals surface area contributed by atoms with Crippen LogP contribution in [-0.4, -0.2) is 32.3 Å². The van der Waals surface area contributed by atoms with Crippen LogP contribution in [0.3, 0.4) is 0 Å². The Hall–Kier alpha value is -2.41. The highest BCUT2D eigenvalue weighted by atomic mass is 35.5. The number of halogens is 1. The van der Waals surface area contributed by atoms with Crippen LogP contribution in [0, 0.1) is 0 Å². The fourth-order valence-corrected chi connectivity index (χ4v) is 1.78. The number of nitrogens with zero attached hydrogens (tertiary/aromatic N) is 4. The van der Waals surface area contributed by atoms with E-state index < -0.39 is 0 Å². The average molecular weight is 277 g/mol.